The minimum Gasteiger partial charge on any atom is -0.508 e. The summed E-state index contributed by atoms with van der Waals surface area (Å²) in [5, 5.41) is 9.32. The van der Waals surface area contributed by atoms with E-state index in [1.54, 1.807) is 0 Å². The standard InChI is InChI=1S/C10H14O/c1-4-9-5-8(3)10(11)6-7(9)2/h5-6,11H,4H2,1-3H3. The van der Waals surface area contributed by atoms with Gasteiger partial charge in [0.05, 0.1) is 0 Å². The summed E-state index contributed by atoms with van der Waals surface area (Å²) >= 11 is 0. The molecule has 1 rings (SSSR count). The Labute approximate surface area is 67.7 Å². The lowest BCUT2D eigenvalue weighted by Crippen LogP contribution is -1.87. The van der Waals surface area contributed by atoms with E-state index in [4.69, 9.17) is 0 Å². The summed E-state index contributed by atoms with van der Waals surface area (Å²) in [5.74, 6) is 0.403. The van der Waals surface area contributed by atoms with Gasteiger partial charge in [-0.05, 0) is 43.0 Å². The largest absolute Gasteiger partial charge is 0.508 e. The van der Waals surface area contributed by atoms with E-state index in [-0.39, 0.29) is 0 Å². The lowest BCUT2D eigenvalue weighted by Gasteiger charge is -2.05. The number of aromatic hydroxyl groups is 1. The maximum Gasteiger partial charge on any atom is 0.118 e. The van der Waals surface area contributed by atoms with Crippen molar-refractivity contribution in [1.82, 2.24) is 0 Å². The van der Waals surface area contributed by atoms with Gasteiger partial charge in [0.15, 0.2) is 0 Å². The molecule has 1 aromatic carbocycles. The molecule has 1 heteroatoms. The molecule has 0 unspecified atom stereocenters. The highest BCUT2D eigenvalue weighted by molar-refractivity contribution is 5.40. The lowest BCUT2D eigenvalue weighted by atomic mass is 10.0. The van der Waals surface area contributed by atoms with Crippen LogP contribution in [-0.2, 0) is 6.42 Å². The van der Waals surface area contributed by atoms with Crippen molar-refractivity contribution < 1.29 is 5.11 Å². The second kappa shape index (κ2) is 2.95. The zero-order chi connectivity index (χ0) is 8.43. The maximum absolute atomic E-state index is 9.32. The summed E-state index contributed by atoms with van der Waals surface area (Å²) in [4.78, 5) is 0. The molecule has 0 spiro atoms. The van der Waals surface area contributed by atoms with Gasteiger partial charge in [-0.15, -0.1) is 0 Å². The molecule has 0 bridgehead atoms. The van der Waals surface area contributed by atoms with Crippen LogP contribution in [0.5, 0.6) is 5.75 Å². The smallest absolute Gasteiger partial charge is 0.118 e. The first kappa shape index (κ1) is 8.12. The predicted octanol–water partition coefficient (Wildman–Crippen LogP) is 2.57. The Bertz CT molecular complexity index is 264. The topological polar surface area (TPSA) is 20.2 Å². The number of rotatable bonds is 1. The molecule has 1 nitrogen and oxygen atoms in total. The van der Waals surface area contributed by atoms with Gasteiger partial charge in [-0.2, -0.15) is 0 Å². The van der Waals surface area contributed by atoms with Crippen LogP contribution in [-0.4, -0.2) is 5.11 Å². The zero-order valence-corrected chi connectivity index (χ0v) is 7.31. The molecule has 1 N–H and O–H groups in total. The summed E-state index contributed by atoms with van der Waals surface area (Å²) in [5.41, 5.74) is 3.46. The van der Waals surface area contributed by atoms with Crippen molar-refractivity contribution in [2.45, 2.75) is 27.2 Å². The van der Waals surface area contributed by atoms with Gasteiger partial charge in [-0.25, -0.2) is 0 Å². The first-order valence-electron chi connectivity index (χ1n) is 3.94. The molecule has 0 saturated carbocycles. The average Bonchev–Trinajstić information content (AvgIpc) is 1.97. The Kier molecular flexibility index (Phi) is 2.18. The van der Waals surface area contributed by atoms with Crippen LogP contribution in [0.2, 0.25) is 0 Å². The third-order valence-corrected chi connectivity index (χ3v) is 2.04. The van der Waals surface area contributed by atoms with Crippen molar-refractivity contribution in [2.24, 2.45) is 0 Å². The van der Waals surface area contributed by atoms with E-state index >= 15 is 0 Å². The minimum absolute atomic E-state index is 0.403. The molecule has 0 aromatic heterocycles. The van der Waals surface area contributed by atoms with Crippen LogP contribution >= 0.6 is 0 Å². The van der Waals surface area contributed by atoms with E-state index < -0.39 is 0 Å². The number of benzene rings is 1. The van der Waals surface area contributed by atoms with Gasteiger partial charge in [0.2, 0.25) is 0 Å². The van der Waals surface area contributed by atoms with Crippen LogP contribution in [0.15, 0.2) is 12.1 Å². The summed E-state index contributed by atoms with van der Waals surface area (Å²) in [6, 6.07) is 3.87. The average molecular weight is 150 g/mol. The Morgan fingerprint density at radius 1 is 1.18 bits per heavy atom. The number of hydrogen-bond donors (Lipinski definition) is 1. The highest BCUT2D eigenvalue weighted by atomic mass is 16.3. The Morgan fingerprint density at radius 2 is 1.82 bits per heavy atom. The molecule has 0 amide bonds. The van der Waals surface area contributed by atoms with Gasteiger partial charge in [0, 0.05) is 0 Å². The number of hydrogen-bond acceptors (Lipinski definition) is 1. The van der Waals surface area contributed by atoms with E-state index in [0.717, 1.165) is 12.0 Å². The quantitative estimate of drug-likeness (QED) is 0.652. The van der Waals surface area contributed by atoms with Crippen LogP contribution in [0.25, 0.3) is 0 Å². The zero-order valence-electron chi connectivity index (χ0n) is 7.31. The van der Waals surface area contributed by atoms with E-state index in [1.165, 1.54) is 11.1 Å². The predicted molar refractivity (Wildman–Crippen MR) is 47.0 cm³/mol. The molecule has 0 atom stereocenters. The Hall–Kier alpha value is -0.980. The molecule has 0 aliphatic rings. The normalized spacial score (nSPS) is 10.1. The summed E-state index contributed by atoms with van der Waals surface area (Å²) in [7, 11) is 0. The Balaban J connectivity index is 3.21. The third kappa shape index (κ3) is 1.53. The second-order valence-electron chi connectivity index (χ2n) is 2.92. The molecule has 0 heterocycles. The lowest BCUT2D eigenvalue weighted by molar-refractivity contribution is 0.470. The van der Waals surface area contributed by atoms with Crippen molar-refractivity contribution in [2.75, 3.05) is 0 Å². The number of aryl methyl sites for hydroxylation is 3. The van der Waals surface area contributed by atoms with Crippen molar-refractivity contribution in [1.29, 1.82) is 0 Å². The molecule has 1 aromatic rings. The van der Waals surface area contributed by atoms with Crippen molar-refractivity contribution in [3.63, 3.8) is 0 Å². The highest BCUT2D eigenvalue weighted by Gasteiger charge is 2.00. The van der Waals surface area contributed by atoms with E-state index in [1.807, 2.05) is 26.0 Å². The molecule has 60 valence electrons. The molecule has 0 radical (unpaired) electrons. The summed E-state index contributed by atoms with van der Waals surface area (Å²) < 4.78 is 0. The third-order valence-electron chi connectivity index (χ3n) is 2.04. The minimum atomic E-state index is 0.403. The summed E-state index contributed by atoms with van der Waals surface area (Å²) in [6.07, 6.45) is 1.03. The fourth-order valence-corrected chi connectivity index (χ4v) is 1.24. The van der Waals surface area contributed by atoms with E-state index in [0.29, 0.717) is 5.75 Å². The van der Waals surface area contributed by atoms with Gasteiger partial charge < -0.3 is 5.11 Å². The van der Waals surface area contributed by atoms with Crippen LogP contribution in [0.4, 0.5) is 0 Å². The highest BCUT2D eigenvalue weighted by Crippen LogP contribution is 2.21. The van der Waals surface area contributed by atoms with Crippen LogP contribution in [0.1, 0.15) is 23.6 Å². The summed E-state index contributed by atoms with van der Waals surface area (Å²) in [6.45, 7) is 6.07. The van der Waals surface area contributed by atoms with Crippen LogP contribution in [0, 0.1) is 13.8 Å². The van der Waals surface area contributed by atoms with Gasteiger partial charge in [0.25, 0.3) is 0 Å². The molecular formula is C10H14O. The van der Waals surface area contributed by atoms with Gasteiger partial charge >= 0.3 is 0 Å². The Morgan fingerprint density at radius 3 is 2.36 bits per heavy atom. The fourth-order valence-electron chi connectivity index (χ4n) is 1.24. The molecule has 0 aliphatic heterocycles. The molecule has 0 aliphatic carbocycles. The maximum atomic E-state index is 9.32. The van der Waals surface area contributed by atoms with Crippen molar-refractivity contribution in [3.05, 3.63) is 28.8 Å². The molecule has 0 saturated heterocycles. The fraction of sp³-hybridized carbons (Fsp3) is 0.400. The van der Waals surface area contributed by atoms with Gasteiger partial charge in [-0.1, -0.05) is 13.0 Å². The van der Waals surface area contributed by atoms with Gasteiger partial charge in [-0.3, -0.25) is 0 Å². The first-order chi connectivity index (χ1) is 5.15. The number of phenols is 1. The van der Waals surface area contributed by atoms with Gasteiger partial charge in [0.1, 0.15) is 5.75 Å². The SMILES string of the molecule is CCc1cc(C)c(O)cc1C. The first-order valence-corrected chi connectivity index (χ1v) is 3.94. The number of phenolic OH excluding ortho intramolecular Hbond substituents is 1. The van der Waals surface area contributed by atoms with Crippen molar-refractivity contribution in [3.8, 4) is 5.75 Å². The monoisotopic (exact) mass is 150 g/mol. The molecule has 11 heavy (non-hydrogen) atoms. The van der Waals surface area contributed by atoms with E-state index in [2.05, 4.69) is 6.92 Å². The van der Waals surface area contributed by atoms with Crippen molar-refractivity contribution >= 4 is 0 Å². The molecular weight excluding hydrogens is 136 g/mol. The molecule has 0 fully saturated rings. The van der Waals surface area contributed by atoms with Crippen LogP contribution < -0.4 is 0 Å². The van der Waals surface area contributed by atoms with Crippen LogP contribution in [0.3, 0.4) is 0 Å². The second-order valence-corrected chi connectivity index (χ2v) is 2.92. The van der Waals surface area contributed by atoms with E-state index in [9.17, 15) is 5.11 Å².